The van der Waals surface area contributed by atoms with Gasteiger partial charge in [0.25, 0.3) is 0 Å². The highest BCUT2D eigenvalue weighted by Gasteiger charge is 2.30. The number of aryl methyl sites for hydroxylation is 2. The smallest absolute Gasteiger partial charge is 0.243 e. The van der Waals surface area contributed by atoms with Gasteiger partial charge in [-0.2, -0.15) is 4.31 Å². The Kier molecular flexibility index (Phi) is 8.72. The lowest BCUT2D eigenvalue weighted by molar-refractivity contribution is -0.131. The number of nitrogens with zero attached hydrogens (tertiary/aromatic N) is 3. The van der Waals surface area contributed by atoms with E-state index in [0.29, 0.717) is 43.2 Å². The predicted molar refractivity (Wildman–Crippen MR) is 128 cm³/mol. The number of rotatable bonds is 8. The van der Waals surface area contributed by atoms with E-state index in [4.69, 9.17) is 0 Å². The van der Waals surface area contributed by atoms with Gasteiger partial charge in [0.05, 0.1) is 4.90 Å². The molecular weight excluding hydrogens is 424 g/mol. The normalized spacial score (nSPS) is 23.0. The topological polar surface area (TPSA) is 73.0 Å². The summed E-state index contributed by atoms with van der Waals surface area (Å²) in [5.74, 6) is 0.0346. The van der Waals surface area contributed by atoms with Crippen LogP contribution in [-0.4, -0.2) is 86.3 Å². The molecule has 2 fully saturated rings. The van der Waals surface area contributed by atoms with Crippen LogP contribution in [-0.2, 0) is 14.8 Å². The summed E-state index contributed by atoms with van der Waals surface area (Å²) in [5, 5.41) is 3.25. The summed E-state index contributed by atoms with van der Waals surface area (Å²) in [4.78, 5) is 17.4. The summed E-state index contributed by atoms with van der Waals surface area (Å²) in [7, 11) is -3.69. The highest BCUT2D eigenvalue weighted by atomic mass is 32.2. The van der Waals surface area contributed by atoms with Crippen molar-refractivity contribution in [1.29, 1.82) is 0 Å². The van der Waals surface area contributed by atoms with Gasteiger partial charge in [-0.25, -0.2) is 8.42 Å². The minimum Gasteiger partial charge on any atom is -0.340 e. The molecule has 7 nitrogen and oxygen atoms in total. The lowest BCUT2D eigenvalue weighted by Crippen LogP contribution is -2.49. The zero-order chi connectivity index (χ0) is 23.3. The van der Waals surface area contributed by atoms with Crippen LogP contribution in [0.1, 0.15) is 50.7 Å². The number of carbonyl (C=O) groups excluding carboxylic acids is 1. The van der Waals surface area contributed by atoms with Gasteiger partial charge in [0, 0.05) is 64.3 Å². The number of hydrogen-bond donors (Lipinski definition) is 1. The van der Waals surface area contributed by atoms with Crippen molar-refractivity contribution in [1.82, 2.24) is 19.4 Å². The third-order valence-corrected chi connectivity index (χ3v) is 9.03. The third-order valence-electron chi connectivity index (χ3n) is 6.99. The lowest BCUT2D eigenvalue weighted by atomic mass is 9.98. The SMILES string of the molecule is Cc1ccc(C)c(S(=O)(=O)N(CCC(=O)N2CCNCC2)CCN2[C@@H](C)CCC[C@@H]2C)c1. The van der Waals surface area contributed by atoms with Crippen molar-refractivity contribution in [2.24, 2.45) is 0 Å². The van der Waals surface area contributed by atoms with Crippen LogP contribution in [0.25, 0.3) is 0 Å². The molecule has 180 valence electrons. The average Bonchev–Trinajstić information content (AvgIpc) is 2.77. The standard InChI is InChI=1S/C24H40N4O3S/c1-19-8-9-20(2)23(18-19)32(30,31)27(13-10-24(29)26-14-11-25-12-15-26)16-17-28-21(3)6-5-7-22(28)4/h8-9,18,21-22,25H,5-7,10-17H2,1-4H3/t21-,22-/m0/s1. The lowest BCUT2D eigenvalue weighted by Gasteiger charge is -2.40. The van der Waals surface area contributed by atoms with E-state index < -0.39 is 10.0 Å². The van der Waals surface area contributed by atoms with E-state index in [1.54, 1.807) is 10.4 Å². The largest absolute Gasteiger partial charge is 0.340 e. The van der Waals surface area contributed by atoms with Crippen LogP contribution >= 0.6 is 0 Å². The molecule has 32 heavy (non-hydrogen) atoms. The van der Waals surface area contributed by atoms with E-state index in [0.717, 1.165) is 37.1 Å². The maximum absolute atomic E-state index is 13.7. The van der Waals surface area contributed by atoms with E-state index in [9.17, 15) is 13.2 Å². The van der Waals surface area contributed by atoms with E-state index in [1.165, 1.54) is 6.42 Å². The Morgan fingerprint density at radius 3 is 2.41 bits per heavy atom. The molecule has 0 aromatic heterocycles. The van der Waals surface area contributed by atoms with Crippen LogP contribution in [0.5, 0.6) is 0 Å². The van der Waals surface area contributed by atoms with Crippen molar-refractivity contribution in [3.8, 4) is 0 Å². The molecule has 1 amide bonds. The molecule has 2 atom stereocenters. The number of piperidine rings is 1. The maximum atomic E-state index is 13.7. The molecule has 0 radical (unpaired) electrons. The second-order valence-electron chi connectivity index (χ2n) is 9.42. The van der Waals surface area contributed by atoms with Crippen molar-refractivity contribution in [2.45, 2.75) is 70.4 Å². The van der Waals surface area contributed by atoms with Crippen LogP contribution < -0.4 is 5.32 Å². The van der Waals surface area contributed by atoms with Crippen LogP contribution in [0.4, 0.5) is 0 Å². The van der Waals surface area contributed by atoms with Gasteiger partial charge in [0.2, 0.25) is 15.9 Å². The van der Waals surface area contributed by atoms with Crippen molar-refractivity contribution in [2.75, 3.05) is 45.8 Å². The van der Waals surface area contributed by atoms with Gasteiger partial charge >= 0.3 is 0 Å². The minimum atomic E-state index is -3.69. The second-order valence-corrected chi connectivity index (χ2v) is 11.3. The molecule has 0 unspecified atom stereocenters. The van der Waals surface area contributed by atoms with Gasteiger partial charge in [0.1, 0.15) is 0 Å². The van der Waals surface area contributed by atoms with Gasteiger partial charge in [-0.05, 0) is 57.7 Å². The van der Waals surface area contributed by atoms with Gasteiger partial charge in [0.15, 0.2) is 0 Å². The summed E-state index contributed by atoms with van der Waals surface area (Å²) < 4.78 is 28.9. The second kappa shape index (κ2) is 11.1. The van der Waals surface area contributed by atoms with Gasteiger partial charge < -0.3 is 10.2 Å². The zero-order valence-electron chi connectivity index (χ0n) is 20.1. The van der Waals surface area contributed by atoms with Crippen molar-refractivity contribution < 1.29 is 13.2 Å². The van der Waals surface area contributed by atoms with E-state index in [2.05, 4.69) is 24.1 Å². The quantitative estimate of drug-likeness (QED) is 0.640. The Balaban J connectivity index is 1.77. The first kappa shape index (κ1) is 25.1. The minimum absolute atomic E-state index is 0.0346. The molecular formula is C24H40N4O3S. The summed E-state index contributed by atoms with van der Waals surface area (Å²) in [6.07, 6.45) is 3.74. The summed E-state index contributed by atoms with van der Waals surface area (Å²) in [6.45, 7) is 12.5. The summed E-state index contributed by atoms with van der Waals surface area (Å²) >= 11 is 0. The fourth-order valence-electron chi connectivity index (χ4n) is 4.91. The number of hydrogen-bond acceptors (Lipinski definition) is 5. The van der Waals surface area contributed by atoms with Crippen LogP contribution in [0, 0.1) is 13.8 Å². The molecule has 2 aliphatic rings. The van der Waals surface area contributed by atoms with Gasteiger partial charge in [-0.1, -0.05) is 18.6 Å². The number of amides is 1. The monoisotopic (exact) mass is 464 g/mol. The number of carbonyl (C=O) groups is 1. The molecule has 8 heteroatoms. The maximum Gasteiger partial charge on any atom is 0.243 e. The van der Waals surface area contributed by atoms with Gasteiger partial charge in [-0.15, -0.1) is 0 Å². The highest BCUT2D eigenvalue weighted by molar-refractivity contribution is 7.89. The molecule has 1 N–H and O–H groups in total. The van der Waals surface area contributed by atoms with E-state index in [1.807, 2.05) is 30.9 Å². The molecule has 2 aliphatic heterocycles. The molecule has 0 spiro atoms. The molecule has 0 saturated carbocycles. The van der Waals surface area contributed by atoms with Crippen molar-refractivity contribution in [3.63, 3.8) is 0 Å². The zero-order valence-corrected chi connectivity index (χ0v) is 21.0. The van der Waals surface area contributed by atoms with Gasteiger partial charge in [-0.3, -0.25) is 9.69 Å². The van der Waals surface area contributed by atoms with Crippen LogP contribution in [0.2, 0.25) is 0 Å². The summed E-state index contributed by atoms with van der Waals surface area (Å²) in [6, 6.07) is 6.45. The molecule has 2 heterocycles. The number of likely N-dealkylation sites (tertiary alicyclic amines) is 1. The van der Waals surface area contributed by atoms with Crippen LogP contribution in [0.3, 0.4) is 0 Å². The predicted octanol–water partition coefficient (Wildman–Crippen LogP) is 2.38. The molecule has 3 rings (SSSR count). The van der Waals surface area contributed by atoms with Crippen molar-refractivity contribution in [3.05, 3.63) is 29.3 Å². The molecule has 1 aromatic rings. The molecule has 0 bridgehead atoms. The first-order valence-electron chi connectivity index (χ1n) is 12.0. The first-order valence-corrected chi connectivity index (χ1v) is 13.5. The molecule has 1 aromatic carbocycles. The fourth-order valence-corrected chi connectivity index (χ4v) is 6.65. The Bertz CT molecular complexity index is 873. The number of nitrogens with one attached hydrogen (secondary N) is 1. The Morgan fingerprint density at radius 1 is 1.09 bits per heavy atom. The average molecular weight is 465 g/mol. The molecule has 2 saturated heterocycles. The third kappa shape index (κ3) is 6.10. The number of sulfonamides is 1. The molecule has 0 aliphatic carbocycles. The number of piperazine rings is 1. The van der Waals surface area contributed by atoms with Crippen molar-refractivity contribution >= 4 is 15.9 Å². The highest BCUT2D eigenvalue weighted by Crippen LogP contribution is 2.25. The first-order chi connectivity index (χ1) is 15.2. The van der Waals surface area contributed by atoms with Crippen LogP contribution in [0.15, 0.2) is 23.1 Å². The Hall–Kier alpha value is -1.48. The van der Waals surface area contributed by atoms with E-state index in [-0.39, 0.29) is 18.9 Å². The summed E-state index contributed by atoms with van der Waals surface area (Å²) in [5.41, 5.74) is 1.66. The fraction of sp³-hybridized carbons (Fsp3) is 0.708. The Morgan fingerprint density at radius 2 is 1.75 bits per heavy atom. The van der Waals surface area contributed by atoms with E-state index >= 15 is 0 Å². The number of benzene rings is 1. The Labute approximate surface area is 194 Å².